The highest BCUT2D eigenvalue weighted by atomic mass is 16.2. The van der Waals surface area contributed by atoms with E-state index in [4.69, 9.17) is 0 Å². The number of nitrogens with one attached hydrogen (secondary N) is 2. The highest BCUT2D eigenvalue weighted by Crippen LogP contribution is 2.27. The van der Waals surface area contributed by atoms with Crippen LogP contribution in [0.4, 0.5) is 16.3 Å². The van der Waals surface area contributed by atoms with Crippen molar-refractivity contribution in [3.05, 3.63) is 84.2 Å². The molecule has 1 aliphatic heterocycles. The number of fused-ring (bicyclic) bond motifs is 1. The number of carbonyl (C=O) groups is 1. The number of nitrogens with zero attached hydrogens (tertiary/aromatic N) is 4. The Balaban J connectivity index is 1.20. The first-order valence-electron chi connectivity index (χ1n) is 11.4. The van der Waals surface area contributed by atoms with Gasteiger partial charge < -0.3 is 5.32 Å². The monoisotopic (exact) mass is 440 g/mol. The number of hydrogen-bond donors (Lipinski definition) is 2. The minimum atomic E-state index is -0.257. The first-order valence-corrected chi connectivity index (χ1v) is 11.4. The summed E-state index contributed by atoms with van der Waals surface area (Å²) in [5, 5.41) is 11.6. The molecule has 5 rings (SSSR count). The molecule has 168 valence electrons. The van der Waals surface area contributed by atoms with Crippen LogP contribution in [-0.4, -0.2) is 38.8 Å². The summed E-state index contributed by atoms with van der Waals surface area (Å²) >= 11 is 0. The number of rotatable bonds is 5. The molecule has 4 aromatic rings. The van der Waals surface area contributed by atoms with E-state index in [1.165, 1.54) is 10.9 Å². The highest BCUT2D eigenvalue weighted by molar-refractivity contribution is 5.99. The maximum Gasteiger partial charge on any atom is 0.324 e. The van der Waals surface area contributed by atoms with Crippen LogP contribution in [-0.2, 0) is 6.54 Å². The predicted octanol–water partition coefficient (Wildman–Crippen LogP) is 5.22. The summed E-state index contributed by atoms with van der Waals surface area (Å²) in [6, 6.07) is 20.1. The van der Waals surface area contributed by atoms with Crippen LogP contribution < -0.4 is 10.6 Å². The Bertz CT molecular complexity index is 1250. The van der Waals surface area contributed by atoms with Gasteiger partial charge in [0.1, 0.15) is 5.82 Å². The van der Waals surface area contributed by atoms with E-state index in [2.05, 4.69) is 49.9 Å². The Kier molecular flexibility index (Phi) is 6.04. The Morgan fingerprint density at radius 2 is 1.79 bits per heavy atom. The minimum absolute atomic E-state index is 0.257. The van der Waals surface area contributed by atoms with Crippen molar-refractivity contribution in [2.24, 2.45) is 0 Å². The van der Waals surface area contributed by atoms with Crippen LogP contribution in [0.2, 0.25) is 0 Å². The molecule has 1 aliphatic rings. The highest BCUT2D eigenvalue weighted by Gasteiger charge is 2.23. The lowest BCUT2D eigenvalue weighted by molar-refractivity contribution is 0.175. The first-order chi connectivity index (χ1) is 16.2. The number of aryl methyl sites for hydroxylation is 1. The molecule has 0 spiro atoms. The standard InChI is InChI=1S/C26H28N6O/c1-19-6-2-3-10-23(19)29-26(33)30-24-11-15-28-32(24)22-12-16-31(17-13-22)18-21-8-4-7-20-9-5-14-27-25(20)21/h2-11,14-15,22H,12-13,16-18H2,1H3,(H2,29,30,33). The zero-order chi connectivity index (χ0) is 22.6. The zero-order valence-electron chi connectivity index (χ0n) is 18.7. The smallest absolute Gasteiger partial charge is 0.307 e. The summed E-state index contributed by atoms with van der Waals surface area (Å²) in [6.45, 7) is 4.82. The molecule has 7 nitrogen and oxygen atoms in total. The maximum atomic E-state index is 12.6. The van der Waals surface area contributed by atoms with E-state index in [-0.39, 0.29) is 12.1 Å². The molecule has 2 N–H and O–H groups in total. The summed E-state index contributed by atoms with van der Waals surface area (Å²) in [6.07, 6.45) is 5.57. The van der Waals surface area contributed by atoms with Crippen molar-refractivity contribution >= 4 is 28.4 Å². The molecule has 7 heteroatoms. The summed E-state index contributed by atoms with van der Waals surface area (Å²) in [5.41, 5.74) is 4.17. The number of benzene rings is 2. The fourth-order valence-electron chi connectivity index (χ4n) is 4.55. The van der Waals surface area contributed by atoms with Gasteiger partial charge in [0.15, 0.2) is 0 Å². The third-order valence-corrected chi connectivity index (χ3v) is 6.32. The van der Waals surface area contributed by atoms with Crippen molar-refractivity contribution in [2.45, 2.75) is 32.4 Å². The molecule has 1 fully saturated rings. The second kappa shape index (κ2) is 9.42. The van der Waals surface area contributed by atoms with E-state index < -0.39 is 0 Å². The first kappa shape index (κ1) is 21.2. The minimum Gasteiger partial charge on any atom is -0.307 e. The number of aromatic nitrogens is 3. The molecular weight excluding hydrogens is 412 g/mol. The fraction of sp³-hybridized carbons (Fsp3) is 0.269. The molecule has 33 heavy (non-hydrogen) atoms. The van der Waals surface area contributed by atoms with Gasteiger partial charge in [-0.1, -0.05) is 42.5 Å². The van der Waals surface area contributed by atoms with Crippen LogP contribution in [0.1, 0.15) is 30.0 Å². The van der Waals surface area contributed by atoms with Crippen LogP contribution in [0.5, 0.6) is 0 Å². The van der Waals surface area contributed by atoms with Gasteiger partial charge in [0.2, 0.25) is 0 Å². The van der Waals surface area contributed by atoms with Gasteiger partial charge in [-0.25, -0.2) is 9.48 Å². The van der Waals surface area contributed by atoms with Gasteiger partial charge in [0.25, 0.3) is 0 Å². The quantitative estimate of drug-likeness (QED) is 0.446. The fourth-order valence-corrected chi connectivity index (χ4v) is 4.55. The number of amides is 2. The van der Waals surface area contributed by atoms with Crippen molar-refractivity contribution in [3.63, 3.8) is 0 Å². The van der Waals surface area contributed by atoms with Gasteiger partial charge in [0.05, 0.1) is 17.8 Å². The lowest BCUT2D eigenvalue weighted by Crippen LogP contribution is -2.35. The molecule has 0 radical (unpaired) electrons. The van der Waals surface area contributed by atoms with Crippen LogP contribution in [0.15, 0.2) is 73.1 Å². The van der Waals surface area contributed by atoms with Gasteiger partial charge in [-0.05, 0) is 43.0 Å². The average molecular weight is 441 g/mol. The molecule has 0 bridgehead atoms. The van der Waals surface area contributed by atoms with Crippen LogP contribution in [0.3, 0.4) is 0 Å². The third-order valence-electron chi connectivity index (χ3n) is 6.32. The van der Waals surface area contributed by atoms with Crippen molar-refractivity contribution in [1.82, 2.24) is 19.7 Å². The topological polar surface area (TPSA) is 75.1 Å². The number of hydrogen-bond acceptors (Lipinski definition) is 4. The van der Waals surface area contributed by atoms with E-state index in [1.807, 2.05) is 54.2 Å². The molecular formula is C26H28N6O. The third kappa shape index (κ3) is 4.73. The lowest BCUT2D eigenvalue weighted by atomic mass is 10.0. The summed E-state index contributed by atoms with van der Waals surface area (Å²) in [7, 11) is 0. The second-order valence-corrected chi connectivity index (χ2v) is 8.55. The molecule has 0 unspecified atom stereocenters. The Hall–Kier alpha value is -3.71. The number of anilines is 2. The van der Waals surface area contributed by atoms with Gasteiger partial charge in [-0.15, -0.1) is 0 Å². The molecule has 2 amide bonds. The number of carbonyl (C=O) groups excluding carboxylic acids is 1. The summed E-state index contributed by atoms with van der Waals surface area (Å²) < 4.78 is 1.95. The Morgan fingerprint density at radius 1 is 0.970 bits per heavy atom. The van der Waals surface area contributed by atoms with Crippen LogP contribution >= 0.6 is 0 Å². The van der Waals surface area contributed by atoms with Crippen molar-refractivity contribution in [1.29, 1.82) is 0 Å². The van der Waals surface area contributed by atoms with Crippen LogP contribution in [0, 0.1) is 6.92 Å². The van der Waals surface area contributed by atoms with Crippen molar-refractivity contribution in [3.8, 4) is 0 Å². The van der Waals surface area contributed by atoms with Crippen molar-refractivity contribution < 1.29 is 4.79 Å². The number of piperidine rings is 1. The van der Waals surface area contributed by atoms with Crippen molar-refractivity contribution in [2.75, 3.05) is 23.7 Å². The molecule has 2 aromatic carbocycles. The lowest BCUT2D eigenvalue weighted by Gasteiger charge is -2.32. The van der Waals surface area contributed by atoms with E-state index in [0.717, 1.165) is 55.1 Å². The SMILES string of the molecule is Cc1ccccc1NC(=O)Nc1ccnn1C1CCN(Cc2cccc3cccnc23)CC1. The number of para-hydroxylation sites is 2. The van der Waals surface area contributed by atoms with E-state index in [0.29, 0.717) is 0 Å². The van der Waals surface area contributed by atoms with E-state index >= 15 is 0 Å². The number of likely N-dealkylation sites (tertiary alicyclic amines) is 1. The second-order valence-electron chi connectivity index (χ2n) is 8.55. The molecule has 0 aliphatic carbocycles. The van der Waals surface area contributed by atoms with Gasteiger partial charge in [-0.2, -0.15) is 5.10 Å². The number of pyridine rings is 1. The molecule has 0 atom stereocenters. The summed E-state index contributed by atoms with van der Waals surface area (Å²) in [5.74, 6) is 0.720. The average Bonchev–Trinajstić information content (AvgIpc) is 3.29. The largest absolute Gasteiger partial charge is 0.324 e. The normalized spacial score (nSPS) is 14.9. The van der Waals surface area contributed by atoms with Gasteiger partial charge >= 0.3 is 6.03 Å². The zero-order valence-corrected chi connectivity index (χ0v) is 18.7. The summed E-state index contributed by atoms with van der Waals surface area (Å²) in [4.78, 5) is 19.6. The molecule has 1 saturated heterocycles. The Labute approximate surface area is 193 Å². The molecule has 3 heterocycles. The molecule has 0 saturated carbocycles. The predicted molar refractivity (Wildman–Crippen MR) is 131 cm³/mol. The van der Waals surface area contributed by atoms with E-state index in [1.54, 1.807) is 6.20 Å². The maximum absolute atomic E-state index is 12.6. The number of urea groups is 1. The van der Waals surface area contributed by atoms with Crippen LogP contribution in [0.25, 0.3) is 10.9 Å². The molecule has 2 aromatic heterocycles. The van der Waals surface area contributed by atoms with Gasteiger partial charge in [0, 0.05) is 43.0 Å². The van der Waals surface area contributed by atoms with Gasteiger partial charge in [-0.3, -0.25) is 15.2 Å². The Morgan fingerprint density at radius 3 is 2.64 bits per heavy atom. The van der Waals surface area contributed by atoms with E-state index in [9.17, 15) is 4.79 Å².